The standard InChI is InChI=1S/C11H22S2/c12-8-4-1-5-9-13-10-11-6-2-3-7-11/h11-12H,1-10H2. The summed E-state index contributed by atoms with van der Waals surface area (Å²) in [6, 6.07) is 0. The summed E-state index contributed by atoms with van der Waals surface area (Å²) < 4.78 is 0. The molecular weight excluding hydrogens is 196 g/mol. The van der Waals surface area contributed by atoms with E-state index in [0.717, 1.165) is 11.7 Å². The Balaban J connectivity index is 1.78. The van der Waals surface area contributed by atoms with Crippen molar-refractivity contribution in [1.82, 2.24) is 0 Å². The van der Waals surface area contributed by atoms with Crippen molar-refractivity contribution in [3.8, 4) is 0 Å². The number of unbranched alkanes of at least 4 members (excludes halogenated alkanes) is 2. The third-order valence-corrected chi connectivity index (χ3v) is 4.38. The molecular formula is C11H22S2. The van der Waals surface area contributed by atoms with E-state index in [9.17, 15) is 0 Å². The zero-order valence-corrected chi connectivity index (χ0v) is 10.2. The summed E-state index contributed by atoms with van der Waals surface area (Å²) in [4.78, 5) is 0. The highest BCUT2D eigenvalue weighted by atomic mass is 32.2. The van der Waals surface area contributed by atoms with Crippen molar-refractivity contribution in [3.05, 3.63) is 0 Å². The van der Waals surface area contributed by atoms with E-state index in [2.05, 4.69) is 24.4 Å². The third-order valence-electron chi connectivity index (χ3n) is 2.78. The highest BCUT2D eigenvalue weighted by Gasteiger charge is 2.13. The molecule has 0 aliphatic heterocycles. The van der Waals surface area contributed by atoms with E-state index < -0.39 is 0 Å². The fourth-order valence-corrected chi connectivity index (χ4v) is 3.38. The quantitative estimate of drug-likeness (QED) is 0.497. The summed E-state index contributed by atoms with van der Waals surface area (Å²) in [6.07, 6.45) is 10.1. The Kier molecular flexibility index (Phi) is 7.29. The van der Waals surface area contributed by atoms with Crippen LogP contribution in [0.2, 0.25) is 0 Å². The second-order valence-corrected chi connectivity index (χ2v) is 5.61. The predicted molar refractivity (Wildman–Crippen MR) is 67.0 cm³/mol. The maximum Gasteiger partial charge on any atom is -0.00391 e. The molecule has 2 heteroatoms. The fraction of sp³-hybridized carbons (Fsp3) is 1.00. The van der Waals surface area contributed by atoms with E-state index in [-0.39, 0.29) is 0 Å². The van der Waals surface area contributed by atoms with Crippen molar-refractivity contribution >= 4 is 24.4 Å². The minimum absolute atomic E-state index is 1.06. The van der Waals surface area contributed by atoms with Gasteiger partial charge in [0.15, 0.2) is 0 Å². The minimum Gasteiger partial charge on any atom is -0.179 e. The van der Waals surface area contributed by atoms with Crippen LogP contribution in [0.4, 0.5) is 0 Å². The van der Waals surface area contributed by atoms with E-state index >= 15 is 0 Å². The summed E-state index contributed by atoms with van der Waals surface area (Å²) in [6.45, 7) is 0. The van der Waals surface area contributed by atoms with Gasteiger partial charge in [0.25, 0.3) is 0 Å². The van der Waals surface area contributed by atoms with Gasteiger partial charge in [0, 0.05) is 0 Å². The number of rotatable bonds is 7. The maximum atomic E-state index is 4.21. The number of hydrogen-bond donors (Lipinski definition) is 1. The number of thiol groups is 1. The van der Waals surface area contributed by atoms with Gasteiger partial charge in [-0.3, -0.25) is 0 Å². The number of thioether (sulfide) groups is 1. The lowest BCUT2D eigenvalue weighted by molar-refractivity contribution is 0.622. The molecule has 0 heterocycles. The molecule has 1 saturated carbocycles. The Hall–Kier alpha value is 0.700. The van der Waals surface area contributed by atoms with Gasteiger partial charge in [-0.05, 0) is 48.9 Å². The largest absolute Gasteiger partial charge is 0.179 e. The van der Waals surface area contributed by atoms with Gasteiger partial charge >= 0.3 is 0 Å². The molecule has 0 saturated heterocycles. The van der Waals surface area contributed by atoms with Gasteiger partial charge < -0.3 is 0 Å². The molecule has 0 aromatic carbocycles. The molecule has 1 aliphatic carbocycles. The van der Waals surface area contributed by atoms with Crippen molar-refractivity contribution in [3.63, 3.8) is 0 Å². The second kappa shape index (κ2) is 8.05. The van der Waals surface area contributed by atoms with Crippen molar-refractivity contribution in [2.75, 3.05) is 17.3 Å². The van der Waals surface area contributed by atoms with Crippen molar-refractivity contribution in [1.29, 1.82) is 0 Å². The van der Waals surface area contributed by atoms with Crippen molar-refractivity contribution in [2.24, 2.45) is 5.92 Å². The molecule has 78 valence electrons. The average molecular weight is 218 g/mol. The SMILES string of the molecule is SCCCCCSCC1CCCC1. The van der Waals surface area contributed by atoms with E-state index in [1.165, 1.54) is 56.5 Å². The molecule has 1 rings (SSSR count). The van der Waals surface area contributed by atoms with Crippen LogP contribution in [0.1, 0.15) is 44.9 Å². The Labute approximate surface area is 92.7 Å². The van der Waals surface area contributed by atoms with Crippen LogP contribution >= 0.6 is 24.4 Å². The molecule has 0 atom stereocenters. The van der Waals surface area contributed by atoms with Crippen molar-refractivity contribution in [2.45, 2.75) is 44.9 Å². The first kappa shape index (κ1) is 11.8. The van der Waals surface area contributed by atoms with Crippen LogP contribution in [-0.2, 0) is 0 Å². The van der Waals surface area contributed by atoms with Gasteiger partial charge in [-0.2, -0.15) is 24.4 Å². The first-order chi connectivity index (χ1) is 6.43. The van der Waals surface area contributed by atoms with E-state index in [0.29, 0.717) is 0 Å². The molecule has 1 fully saturated rings. The van der Waals surface area contributed by atoms with Crippen LogP contribution in [0.15, 0.2) is 0 Å². The highest BCUT2D eigenvalue weighted by Crippen LogP contribution is 2.28. The van der Waals surface area contributed by atoms with Crippen LogP contribution < -0.4 is 0 Å². The van der Waals surface area contributed by atoms with Gasteiger partial charge in [-0.15, -0.1) is 0 Å². The Morgan fingerprint density at radius 1 is 1.08 bits per heavy atom. The van der Waals surface area contributed by atoms with Gasteiger partial charge in [-0.25, -0.2) is 0 Å². The highest BCUT2D eigenvalue weighted by molar-refractivity contribution is 7.99. The monoisotopic (exact) mass is 218 g/mol. The average Bonchev–Trinajstić information content (AvgIpc) is 2.63. The Morgan fingerprint density at radius 3 is 2.54 bits per heavy atom. The molecule has 13 heavy (non-hydrogen) atoms. The zero-order valence-electron chi connectivity index (χ0n) is 8.50. The normalized spacial score (nSPS) is 18.2. The van der Waals surface area contributed by atoms with Crippen LogP contribution in [0, 0.1) is 5.92 Å². The van der Waals surface area contributed by atoms with Crippen LogP contribution in [-0.4, -0.2) is 17.3 Å². The van der Waals surface area contributed by atoms with E-state index in [4.69, 9.17) is 0 Å². The Morgan fingerprint density at radius 2 is 1.85 bits per heavy atom. The van der Waals surface area contributed by atoms with Gasteiger partial charge in [0.1, 0.15) is 0 Å². The molecule has 0 radical (unpaired) electrons. The molecule has 0 aromatic rings. The first-order valence-electron chi connectivity index (χ1n) is 5.62. The molecule has 0 amide bonds. The fourth-order valence-electron chi connectivity index (χ4n) is 1.92. The maximum absolute atomic E-state index is 4.21. The topological polar surface area (TPSA) is 0 Å². The molecule has 0 N–H and O–H groups in total. The van der Waals surface area contributed by atoms with Gasteiger partial charge in [-0.1, -0.05) is 19.3 Å². The summed E-state index contributed by atoms with van der Waals surface area (Å²) >= 11 is 6.39. The molecule has 0 unspecified atom stereocenters. The van der Waals surface area contributed by atoms with E-state index in [1.807, 2.05) is 0 Å². The molecule has 0 bridgehead atoms. The third kappa shape index (κ3) is 5.90. The summed E-state index contributed by atoms with van der Waals surface area (Å²) in [5, 5.41) is 0. The van der Waals surface area contributed by atoms with Gasteiger partial charge in [0.05, 0.1) is 0 Å². The molecule has 1 aliphatic rings. The van der Waals surface area contributed by atoms with Gasteiger partial charge in [0.2, 0.25) is 0 Å². The molecule has 0 nitrogen and oxygen atoms in total. The lowest BCUT2D eigenvalue weighted by Crippen LogP contribution is -1.97. The molecule has 0 aromatic heterocycles. The summed E-state index contributed by atoms with van der Waals surface area (Å²) in [5.74, 6) is 4.94. The summed E-state index contributed by atoms with van der Waals surface area (Å²) in [7, 11) is 0. The zero-order chi connectivity index (χ0) is 9.36. The number of hydrogen-bond acceptors (Lipinski definition) is 2. The summed E-state index contributed by atoms with van der Waals surface area (Å²) in [5.41, 5.74) is 0. The predicted octanol–water partition coefficient (Wildman–Crippen LogP) is 4.01. The van der Waals surface area contributed by atoms with Crippen LogP contribution in [0.5, 0.6) is 0 Å². The van der Waals surface area contributed by atoms with Crippen LogP contribution in [0.3, 0.4) is 0 Å². The smallest absolute Gasteiger partial charge is 0.00391 e. The first-order valence-corrected chi connectivity index (χ1v) is 7.41. The minimum atomic E-state index is 1.06. The van der Waals surface area contributed by atoms with E-state index in [1.54, 1.807) is 0 Å². The van der Waals surface area contributed by atoms with Crippen molar-refractivity contribution < 1.29 is 0 Å². The lowest BCUT2D eigenvalue weighted by Gasteiger charge is -2.07. The van der Waals surface area contributed by atoms with Crippen LogP contribution in [0.25, 0.3) is 0 Å². The lowest BCUT2D eigenvalue weighted by atomic mass is 10.1. The molecule has 0 spiro atoms. The Bertz CT molecular complexity index is 109. The second-order valence-electron chi connectivity index (χ2n) is 4.01.